The van der Waals surface area contributed by atoms with Crippen LogP contribution in [0.3, 0.4) is 0 Å². The summed E-state index contributed by atoms with van der Waals surface area (Å²) >= 11 is 0. The number of amides is 1. The van der Waals surface area contributed by atoms with Gasteiger partial charge in [0.2, 0.25) is 0 Å². The number of carbonyl (C=O) groups excluding carboxylic acids is 2. The molecule has 1 aliphatic carbocycles. The molecule has 2 rings (SSSR count). The highest BCUT2D eigenvalue weighted by molar-refractivity contribution is 5.97. The summed E-state index contributed by atoms with van der Waals surface area (Å²) in [5.41, 5.74) is 1.52. The summed E-state index contributed by atoms with van der Waals surface area (Å²) < 4.78 is 5.52. The number of rotatable bonds is 5. The van der Waals surface area contributed by atoms with Gasteiger partial charge in [0.25, 0.3) is 5.91 Å². The van der Waals surface area contributed by atoms with Gasteiger partial charge in [-0.15, -0.1) is 0 Å². The summed E-state index contributed by atoms with van der Waals surface area (Å²) in [5.74, 6) is 0.309. The van der Waals surface area contributed by atoms with E-state index in [2.05, 4.69) is 5.32 Å². The van der Waals surface area contributed by atoms with Crippen molar-refractivity contribution in [1.29, 1.82) is 0 Å². The molecule has 1 saturated carbocycles. The molecule has 0 aliphatic heterocycles. The molecule has 1 aliphatic rings. The molecular formula is C16H21NO3. The highest BCUT2D eigenvalue weighted by Gasteiger charge is 2.17. The van der Waals surface area contributed by atoms with Crippen molar-refractivity contribution >= 4 is 11.7 Å². The van der Waals surface area contributed by atoms with E-state index in [9.17, 15) is 9.59 Å². The fourth-order valence-electron chi connectivity index (χ4n) is 2.52. The quantitative estimate of drug-likeness (QED) is 0.840. The lowest BCUT2D eigenvalue weighted by Gasteiger charge is -2.14. The summed E-state index contributed by atoms with van der Waals surface area (Å²) in [6, 6.07) is 5.68. The second-order valence-corrected chi connectivity index (χ2v) is 5.39. The van der Waals surface area contributed by atoms with Gasteiger partial charge in [-0.1, -0.05) is 18.9 Å². The van der Waals surface area contributed by atoms with Gasteiger partial charge in [-0.3, -0.25) is 9.59 Å². The zero-order valence-electron chi connectivity index (χ0n) is 12.1. The van der Waals surface area contributed by atoms with E-state index in [-0.39, 0.29) is 24.3 Å². The lowest BCUT2D eigenvalue weighted by atomic mass is 10.1. The number of benzene rings is 1. The van der Waals surface area contributed by atoms with Gasteiger partial charge in [-0.2, -0.15) is 0 Å². The molecular weight excluding hydrogens is 254 g/mol. The Morgan fingerprint density at radius 3 is 2.65 bits per heavy atom. The molecule has 1 N–H and O–H groups in total. The highest BCUT2D eigenvalue weighted by atomic mass is 16.5. The van der Waals surface area contributed by atoms with Crippen LogP contribution in [0.5, 0.6) is 5.75 Å². The van der Waals surface area contributed by atoms with Crippen molar-refractivity contribution in [3.8, 4) is 5.75 Å². The monoisotopic (exact) mass is 275 g/mol. The van der Waals surface area contributed by atoms with Crippen molar-refractivity contribution in [1.82, 2.24) is 5.32 Å². The Bertz CT molecular complexity index is 504. The maximum atomic E-state index is 11.8. The minimum atomic E-state index is -0.118. The average molecular weight is 275 g/mol. The molecule has 20 heavy (non-hydrogen) atoms. The lowest BCUT2D eigenvalue weighted by Crippen LogP contribution is -2.36. The standard InChI is InChI=1S/C16H21NO3/c1-11-7-8-14(12(2)18)15(9-11)20-10-16(19)17-13-5-3-4-6-13/h7-9,13H,3-6,10H2,1-2H3,(H,17,19). The highest BCUT2D eigenvalue weighted by Crippen LogP contribution is 2.21. The largest absolute Gasteiger partial charge is 0.483 e. The smallest absolute Gasteiger partial charge is 0.258 e. The molecule has 0 heterocycles. The van der Waals surface area contributed by atoms with Crippen LogP contribution in [0.4, 0.5) is 0 Å². The number of nitrogens with one attached hydrogen (secondary N) is 1. The van der Waals surface area contributed by atoms with Crippen LogP contribution >= 0.6 is 0 Å². The number of hydrogen-bond acceptors (Lipinski definition) is 3. The fraction of sp³-hybridized carbons (Fsp3) is 0.500. The summed E-state index contributed by atoms with van der Waals surface area (Å²) in [6.07, 6.45) is 4.46. The van der Waals surface area contributed by atoms with Gasteiger partial charge in [0.1, 0.15) is 5.75 Å². The summed E-state index contributed by atoms with van der Waals surface area (Å²) in [5, 5.41) is 2.96. The average Bonchev–Trinajstić information content (AvgIpc) is 2.89. The summed E-state index contributed by atoms with van der Waals surface area (Å²) in [6.45, 7) is 3.38. The molecule has 0 atom stereocenters. The number of Topliss-reactive ketones (excluding diaryl/α,β-unsaturated/α-hetero) is 1. The van der Waals surface area contributed by atoms with Crippen LogP contribution < -0.4 is 10.1 Å². The normalized spacial score (nSPS) is 15.1. The summed E-state index contributed by atoms with van der Waals surface area (Å²) in [4.78, 5) is 23.3. The minimum Gasteiger partial charge on any atom is -0.483 e. The van der Waals surface area contributed by atoms with Crippen LogP contribution in [0.2, 0.25) is 0 Å². The molecule has 0 saturated heterocycles. The van der Waals surface area contributed by atoms with E-state index >= 15 is 0 Å². The third kappa shape index (κ3) is 3.83. The van der Waals surface area contributed by atoms with Crippen molar-refractivity contribution < 1.29 is 14.3 Å². The summed E-state index contributed by atoms with van der Waals surface area (Å²) in [7, 11) is 0. The van der Waals surface area contributed by atoms with E-state index in [4.69, 9.17) is 4.74 Å². The Balaban J connectivity index is 1.94. The first-order chi connectivity index (χ1) is 9.56. The van der Waals surface area contributed by atoms with Crippen LogP contribution in [0.25, 0.3) is 0 Å². The first-order valence-corrected chi connectivity index (χ1v) is 7.10. The first-order valence-electron chi connectivity index (χ1n) is 7.10. The Morgan fingerprint density at radius 2 is 2.00 bits per heavy atom. The predicted octanol–water partition coefficient (Wildman–Crippen LogP) is 2.64. The number of ketones is 1. The van der Waals surface area contributed by atoms with Crippen LogP contribution in [-0.4, -0.2) is 24.3 Å². The maximum Gasteiger partial charge on any atom is 0.258 e. The van der Waals surface area contributed by atoms with Gasteiger partial charge >= 0.3 is 0 Å². The van der Waals surface area contributed by atoms with Crippen LogP contribution in [-0.2, 0) is 4.79 Å². The molecule has 0 unspecified atom stereocenters. The maximum absolute atomic E-state index is 11.8. The minimum absolute atomic E-state index is 0.0414. The van der Waals surface area contributed by atoms with Gasteiger partial charge in [0, 0.05) is 6.04 Å². The van der Waals surface area contributed by atoms with Gasteiger partial charge in [0.05, 0.1) is 5.56 Å². The molecule has 4 heteroatoms. The second-order valence-electron chi connectivity index (χ2n) is 5.39. The van der Waals surface area contributed by atoms with Crippen molar-refractivity contribution in [3.63, 3.8) is 0 Å². The van der Waals surface area contributed by atoms with Crippen molar-refractivity contribution in [2.45, 2.75) is 45.6 Å². The zero-order valence-corrected chi connectivity index (χ0v) is 12.1. The molecule has 0 aromatic heterocycles. The molecule has 4 nitrogen and oxygen atoms in total. The molecule has 1 aromatic carbocycles. The van der Waals surface area contributed by atoms with Gasteiger partial charge in [-0.05, 0) is 44.4 Å². The van der Waals surface area contributed by atoms with Gasteiger partial charge < -0.3 is 10.1 Å². The van der Waals surface area contributed by atoms with Crippen molar-refractivity contribution in [3.05, 3.63) is 29.3 Å². The molecule has 1 amide bonds. The molecule has 0 bridgehead atoms. The molecule has 0 spiro atoms. The Labute approximate surface area is 119 Å². The van der Waals surface area contributed by atoms with E-state index < -0.39 is 0 Å². The van der Waals surface area contributed by atoms with E-state index in [0.717, 1.165) is 18.4 Å². The third-order valence-corrected chi connectivity index (χ3v) is 3.60. The fourth-order valence-corrected chi connectivity index (χ4v) is 2.52. The van der Waals surface area contributed by atoms with Crippen molar-refractivity contribution in [2.75, 3.05) is 6.61 Å². The Hall–Kier alpha value is -1.84. The van der Waals surface area contributed by atoms with E-state index in [1.54, 1.807) is 12.1 Å². The Morgan fingerprint density at radius 1 is 1.30 bits per heavy atom. The Kier molecular flexibility index (Phi) is 4.77. The number of carbonyl (C=O) groups is 2. The second kappa shape index (κ2) is 6.55. The zero-order chi connectivity index (χ0) is 14.5. The van der Waals surface area contributed by atoms with Crippen LogP contribution in [0.1, 0.15) is 48.5 Å². The SMILES string of the molecule is CC(=O)c1ccc(C)cc1OCC(=O)NC1CCCC1. The van der Waals surface area contributed by atoms with Crippen molar-refractivity contribution in [2.24, 2.45) is 0 Å². The predicted molar refractivity (Wildman–Crippen MR) is 77.1 cm³/mol. The van der Waals surface area contributed by atoms with E-state index in [1.807, 2.05) is 13.0 Å². The van der Waals surface area contributed by atoms with Gasteiger partial charge in [0.15, 0.2) is 12.4 Å². The molecule has 108 valence electrons. The number of ether oxygens (including phenoxy) is 1. The van der Waals surface area contributed by atoms with Gasteiger partial charge in [-0.25, -0.2) is 0 Å². The molecule has 0 radical (unpaired) electrons. The third-order valence-electron chi connectivity index (χ3n) is 3.60. The van der Waals surface area contributed by atoms with Crippen LogP contribution in [0, 0.1) is 6.92 Å². The first kappa shape index (κ1) is 14.6. The topological polar surface area (TPSA) is 55.4 Å². The molecule has 1 aromatic rings. The number of aryl methyl sites for hydroxylation is 1. The number of hydrogen-bond donors (Lipinski definition) is 1. The van der Waals surface area contributed by atoms with E-state index in [0.29, 0.717) is 11.3 Å². The van der Waals surface area contributed by atoms with Crippen LogP contribution in [0.15, 0.2) is 18.2 Å². The van der Waals surface area contributed by atoms with E-state index in [1.165, 1.54) is 19.8 Å². The lowest BCUT2D eigenvalue weighted by molar-refractivity contribution is -0.123. The molecule has 1 fully saturated rings.